The molecular weight excluding hydrogens is 400 g/mol. The molecule has 2 N–H and O–H groups in total. The summed E-state index contributed by atoms with van der Waals surface area (Å²) < 4.78 is 6.50. The number of aromatic nitrogens is 3. The van der Waals surface area contributed by atoms with E-state index >= 15 is 0 Å². The molecule has 9 heteroatoms. The van der Waals surface area contributed by atoms with Gasteiger partial charge in [-0.05, 0) is 38.1 Å². The van der Waals surface area contributed by atoms with Crippen molar-refractivity contribution in [2.24, 2.45) is 0 Å². The van der Waals surface area contributed by atoms with Gasteiger partial charge in [0.1, 0.15) is 16.4 Å². The lowest BCUT2D eigenvalue weighted by molar-refractivity contribution is 0.122. The molecule has 0 atom stereocenters. The zero-order valence-corrected chi connectivity index (χ0v) is 17.7. The summed E-state index contributed by atoms with van der Waals surface area (Å²) in [5.41, 5.74) is 1.26. The van der Waals surface area contributed by atoms with Crippen molar-refractivity contribution in [1.82, 2.24) is 19.9 Å². The smallest absolute Gasteiger partial charge is 0.264 e. The number of benzene rings is 1. The van der Waals surface area contributed by atoms with E-state index in [0.29, 0.717) is 35.6 Å². The zero-order chi connectivity index (χ0) is 20.3. The summed E-state index contributed by atoms with van der Waals surface area (Å²) in [7, 11) is 0. The molecule has 0 spiro atoms. The van der Waals surface area contributed by atoms with Gasteiger partial charge in [0.15, 0.2) is 0 Å². The molecule has 0 unspecified atom stereocenters. The first-order valence-electron chi connectivity index (χ1n) is 10.6. The normalized spacial score (nSPS) is 17.7. The van der Waals surface area contributed by atoms with Gasteiger partial charge in [0.05, 0.1) is 23.4 Å². The summed E-state index contributed by atoms with van der Waals surface area (Å²) in [6, 6.07) is 7.95. The van der Waals surface area contributed by atoms with E-state index in [1.165, 1.54) is 24.2 Å². The van der Waals surface area contributed by atoms with Crippen molar-refractivity contribution >= 4 is 33.3 Å². The average molecular weight is 427 g/mol. The molecule has 0 radical (unpaired) electrons. The molecule has 0 aliphatic carbocycles. The lowest BCUT2D eigenvalue weighted by Crippen LogP contribution is -2.38. The quantitative estimate of drug-likeness (QED) is 0.626. The van der Waals surface area contributed by atoms with Gasteiger partial charge >= 0.3 is 0 Å². The summed E-state index contributed by atoms with van der Waals surface area (Å²) in [6.45, 7) is 6.70. The van der Waals surface area contributed by atoms with Gasteiger partial charge in [-0.2, -0.15) is 4.98 Å². The molecule has 2 aliphatic rings. The number of ether oxygens (including phenoxy) is 1. The van der Waals surface area contributed by atoms with E-state index < -0.39 is 0 Å². The maximum Gasteiger partial charge on any atom is 0.264 e. The number of nitrogens with one attached hydrogen (secondary N) is 2. The SMILES string of the molecule is O=c1[nH]c(N2CCOCC2)nc(NCCN2CCCC2)c1-c1nc2ccccc2s1. The van der Waals surface area contributed by atoms with Gasteiger partial charge in [0.25, 0.3) is 5.56 Å². The van der Waals surface area contributed by atoms with Crippen molar-refractivity contribution in [1.29, 1.82) is 0 Å². The second-order valence-corrected chi connectivity index (χ2v) is 8.71. The number of H-pyrrole nitrogens is 1. The van der Waals surface area contributed by atoms with Crippen molar-refractivity contribution in [3.05, 3.63) is 34.6 Å². The van der Waals surface area contributed by atoms with Crippen LogP contribution in [0.2, 0.25) is 0 Å². The molecule has 2 aliphatic heterocycles. The third kappa shape index (κ3) is 4.05. The second-order valence-electron chi connectivity index (χ2n) is 7.67. The predicted octanol–water partition coefficient (Wildman–Crippen LogP) is 2.39. The van der Waals surface area contributed by atoms with Crippen LogP contribution < -0.4 is 15.8 Å². The van der Waals surface area contributed by atoms with Crippen molar-refractivity contribution in [2.45, 2.75) is 12.8 Å². The first kappa shape index (κ1) is 19.5. The minimum Gasteiger partial charge on any atom is -0.378 e. The number of hydrogen-bond acceptors (Lipinski definition) is 8. The van der Waals surface area contributed by atoms with E-state index in [-0.39, 0.29) is 5.56 Å². The number of aromatic amines is 1. The Labute approximate surface area is 178 Å². The van der Waals surface area contributed by atoms with E-state index in [4.69, 9.17) is 14.7 Å². The van der Waals surface area contributed by atoms with Gasteiger partial charge in [-0.15, -0.1) is 11.3 Å². The lowest BCUT2D eigenvalue weighted by Gasteiger charge is -2.27. The summed E-state index contributed by atoms with van der Waals surface area (Å²) in [4.78, 5) is 30.2. The van der Waals surface area contributed by atoms with E-state index in [9.17, 15) is 4.79 Å². The molecule has 0 amide bonds. The fourth-order valence-corrected chi connectivity index (χ4v) is 5.04. The Morgan fingerprint density at radius 3 is 2.70 bits per heavy atom. The van der Waals surface area contributed by atoms with E-state index in [0.717, 1.165) is 49.5 Å². The minimum atomic E-state index is -0.158. The van der Waals surface area contributed by atoms with Gasteiger partial charge in [-0.3, -0.25) is 9.78 Å². The van der Waals surface area contributed by atoms with Crippen molar-refractivity contribution in [3.8, 4) is 10.6 Å². The molecule has 3 aromatic rings. The Hall–Kier alpha value is -2.49. The summed E-state index contributed by atoms with van der Waals surface area (Å²) in [5.74, 6) is 1.20. The van der Waals surface area contributed by atoms with Crippen molar-refractivity contribution in [2.75, 3.05) is 62.7 Å². The van der Waals surface area contributed by atoms with Crippen LogP contribution in [0.4, 0.5) is 11.8 Å². The Balaban J connectivity index is 1.49. The molecular formula is C21H26N6O2S. The standard InChI is InChI=1S/C21H26N6O2S/c28-19-17(20-23-15-5-1-2-6-16(15)30-20)18(22-7-10-26-8-3-4-9-26)24-21(25-19)27-11-13-29-14-12-27/h1-2,5-6H,3-4,7-14H2,(H2,22,24,25,28). The Bertz CT molecular complexity index is 1040. The van der Waals surface area contributed by atoms with E-state index in [2.05, 4.69) is 20.1 Å². The number of likely N-dealkylation sites (tertiary alicyclic amines) is 1. The zero-order valence-electron chi connectivity index (χ0n) is 16.9. The summed E-state index contributed by atoms with van der Waals surface area (Å²) in [6.07, 6.45) is 2.53. The molecule has 5 rings (SSSR count). The van der Waals surface area contributed by atoms with E-state index in [1.807, 2.05) is 24.3 Å². The third-order valence-electron chi connectivity index (χ3n) is 5.64. The number of thiazole rings is 1. The highest BCUT2D eigenvalue weighted by Crippen LogP contribution is 2.32. The molecule has 30 heavy (non-hydrogen) atoms. The van der Waals surface area contributed by atoms with Crippen molar-refractivity contribution < 1.29 is 4.74 Å². The lowest BCUT2D eigenvalue weighted by atomic mass is 10.3. The number of para-hydroxylation sites is 1. The highest BCUT2D eigenvalue weighted by Gasteiger charge is 2.21. The van der Waals surface area contributed by atoms with Crippen LogP contribution in [0.3, 0.4) is 0 Å². The summed E-state index contributed by atoms with van der Waals surface area (Å²) >= 11 is 1.52. The molecule has 2 aromatic heterocycles. The Kier molecular flexibility index (Phi) is 5.65. The van der Waals surface area contributed by atoms with E-state index in [1.54, 1.807) is 0 Å². The fraction of sp³-hybridized carbons (Fsp3) is 0.476. The van der Waals surface area contributed by atoms with Crippen LogP contribution in [0.25, 0.3) is 20.8 Å². The molecule has 4 heterocycles. The van der Waals surface area contributed by atoms with Crippen LogP contribution in [-0.2, 0) is 4.74 Å². The maximum atomic E-state index is 13.2. The molecule has 0 bridgehead atoms. The number of rotatable bonds is 6. The first-order chi connectivity index (χ1) is 14.8. The van der Waals surface area contributed by atoms with Gasteiger partial charge < -0.3 is 19.9 Å². The van der Waals surface area contributed by atoms with Crippen LogP contribution in [0.5, 0.6) is 0 Å². The molecule has 1 aromatic carbocycles. The van der Waals surface area contributed by atoms with Crippen molar-refractivity contribution in [3.63, 3.8) is 0 Å². The number of anilines is 2. The Morgan fingerprint density at radius 2 is 1.90 bits per heavy atom. The average Bonchev–Trinajstić information content (AvgIpc) is 3.43. The number of nitrogens with zero attached hydrogens (tertiary/aromatic N) is 4. The monoisotopic (exact) mass is 426 g/mol. The number of fused-ring (bicyclic) bond motifs is 1. The maximum absolute atomic E-state index is 13.2. The van der Waals surface area contributed by atoms with Gasteiger partial charge in [0.2, 0.25) is 5.95 Å². The highest BCUT2D eigenvalue weighted by molar-refractivity contribution is 7.21. The van der Waals surface area contributed by atoms with Crippen LogP contribution in [0.15, 0.2) is 29.1 Å². The molecule has 158 valence electrons. The fourth-order valence-electron chi connectivity index (χ4n) is 4.03. The third-order valence-corrected chi connectivity index (χ3v) is 6.70. The van der Waals surface area contributed by atoms with Gasteiger partial charge in [0, 0.05) is 26.2 Å². The number of hydrogen-bond donors (Lipinski definition) is 2. The highest BCUT2D eigenvalue weighted by atomic mass is 32.1. The topological polar surface area (TPSA) is 86.4 Å². The largest absolute Gasteiger partial charge is 0.378 e. The van der Waals surface area contributed by atoms with Crippen LogP contribution in [-0.4, -0.2) is 72.3 Å². The van der Waals surface area contributed by atoms with Crippen LogP contribution >= 0.6 is 11.3 Å². The summed E-state index contributed by atoms with van der Waals surface area (Å²) in [5, 5.41) is 4.14. The van der Waals surface area contributed by atoms with Crippen LogP contribution in [0.1, 0.15) is 12.8 Å². The molecule has 0 saturated carbocycles. The van der Waals surface area contributed by atoms with Gasteiger partial charge in [-0.1, -0.05) is 12.1 Å². The second kappa shape index (κ2) is 8.71. The molecule has 2 fully saturated rings. The minimum absolute atomic E-state index is 0.158. The number of morpholine rings is 1. The predicted molar refractivity (Wildman–Crippen MR) is 121 cm³/mol. The Morgan fingerprint density at radius 1 is 1.10 bits per heavy atom. The van der Waals surface area contributed by atoms with Gasteiger partial charge in [-0.25, -0.2) is 4.98 Å². The molecule has 8 nitrogen and oxygen atoms in total. The molecule has 2 saturated heterocycles. The first-order valence-corrected chi connectivity index (χ1v) is 11.4. The van der Waals surface area contributed by atoms with Crippen LogP contribution in [0, 0.1) is 0 Å².